The zero-order chi connectivity index (χ0) is 17.6. The third kappa shape index (κ3) is 4.66. The van der Waals surface area contributed by atoms with Crippen LogP contribution in [0, 0.1) is 11.8 Å². The van der Waals surface area contributed by atoms with Crippen molar-refractivity contribution >= 4 is 5.91 Å². The molecule has 0 aliphatic carbocycles. The van der Waals surface area contributed by atoms with E-state index in [1.807, 2.05) is 18.2 Å². The fourth-order valence-corrected chi connectivity index (χ4v) is 3.77. The molecule has 1 aromatic rings. The zero-order valence-corrected chi connectivity index (χ0v) is 15.3. The molecule has 0 radical (unpaired) electrons. The molecule has 2 N–H and O–H groups in total. The summed E-state index contributed by atoms with van der Waals surface area (Å²) in [7, 11) is 0. The van der Waals surface area contributed by atoms with Crippen molar-refractivity contribution in [2.75, 3.05) is 26.3 Å². The molecule has 2 aliphatic rings. The molecule has 0 aromatic heterocycles. The summed E-state index contributed by atoms with van der Waals surface area (Å²) >= 11 is 0. The van der Waals surface area contributed by atoms with Crippen LogP contribution in [0.2, 0.25) is 0 Å². The molecule has 0 spiro atoms. The van der Waals surface area contributed by atoms with Crippen molar-refractivity contribution in [1.29, 1.82) is 0 Å². The van der Waals surface area contributed by atoms with Crippen molar-refractivity contribution in [2.24, 2.45) is 11.8 Å². The number of carbonyl (C=O) groups excluding carboxylic acids is 1. The SMILES string of the molecule is CC[C@H](NC(=O)C[C@H](C)[C@@H]1CCCNC1)c1ccc2c(c1)OCCO2. The number of ether oxygens (including phenoxy) is 2. The van der Waals surface area contributed by atoms with E-state index in [-0.39, 0.29) is 11.9 Å². The lowest BCUT2D eigenvalue weighted by atomic mass is 9.85. The van der Waals surface area contributed by atoms with E-state index in [1.165, 1.54) is 12.8 Å². The summed E-state index contributed by atoms with van der Waals surface area (Å²) in [6.45, 7) is 7.60. The Balaban J connectivity index is 1.58. The van der Waals surface area contributed by atoms with Gasteiger partial charge < -0.3 is 20.1 Å². The van der Waals surface area contributed by atoms with Crippen molar-refractivity contribution in [3.8, 4) is 11.5 Å². The Bertz CT molecular complexity index is 584. The largest absolute Gasteiger partial charge is 0.486 e. The Morgan fingerprint density at radius 1 is 1.32 bits per heavy atom. The summed E-state index contributed by atoms with van der Waals surface area (Å²) in [6, 6.07) is 5.98. The molecule has 1 amide bonds. The molecule has 1 fully saturated rings. The standard InChI is InChI=1S/C20H30N2O3/c1-3-17(15-6-7-18-19(12-15)25-10-9-24-18)22-20(23)11-14(2)16-5-4-8-21-13-16/h6-7,12,14,16-17,21H,3-5,8-11,13H2,1-2H3,(H,22,23)/t14-,16+,17-/m0/s1. The van der Waals surface area contributed by atoms with Gasteiger partial charge in [0.2, 0.25) is 5.91 Å². The van der Waals surface area contributed by atoms with E-state index in [9.17, 15) is 4.79 Å². The topological polar surface area (TPSA) is 59.6 Å². The van der Waals surface area contributed by atoms with Crippen LogP contribution in [0.3, 0.4) is 0 Å². The molecule has 138 valence electrons. The average Bonchev–Trinajstić information content (AvgIpc) is 2.66. The molecule has 0 unspecified atom stereocenters. The molecule has 5 nitrogen and oxygen atoms in total. The van der Waals surface area contributed by atoms with Gasteiger partial charge in [-0.25, -0.2) is 0 Å². The second kappa shape index (κ2) is 8.56. The van der Waals surface area contributed by atoms with Crippen molar-refractivity contribution in [3.63, 3.8) is 0 Å². The highest BCUT2D eigenvalue weighted by Crippen LogP contribution is 2.33. The number of hydrogen-bond donors (Lipinski definition) is 2. The highest BCUT2D eigenvalue weighted by Gasteiger charge is 2.23. The summed E-state index contributed by atoms with van der Waals surface area (Å²) < 4.78 is 11.2. The van der Waals surface area contributed by atoms with Gasteiger partial charge in [-0.1, -0.05) is 19.9 Å². The first-order chi connectivity index (χ1) is 12.2. The molecule has 2 aliphatic heterocycles. The summed E-state index contributed by atoms with van der Waals surface area (Å²) in [5, 5.41) is 6.64. The van der Waals surface area contributed by atoms with Crippen LogP contribution in [0.25, 0.3) is 0 Å². The van der Waals surface area contributed by atoms with Gasteiger partial charge >= 0.3 is 0 Å². The van der Waals surface area contributed by atoms with E-state index in [0.717, 1.165) is 36.6 Å². The molecular weight excluding hydrogens is 316 g/mol. The van der Waals surface area contributed by atoms with Gasteiger partial charge in [-0.2, -0.15) is 0 Å². The number of rotatable bonds is 6. The van der Waals surface area contributed by atoms with Crippen LogP contribution in [-0.4, -0.2) is 32.2 Å². The van der Waals surface area contributed by atoms with Gasteiger partial charge in [-0.15, -0.1) is 0 Å². The Morgan fingerprint density at radius 3 is 2.84 bits per heavy atom. The number of hydrogen-bond acceptors (Lipinski definition) is 4. The number of fused-ring (bicyclic) bond motifs is 1. The molecule has 2 heterocycles. The van der Waals surface area contributed by atoms with Gasteiger partial charge in [0.15, 0.2) is 11.5 Å². The van der Waals surface area contributed by atoms with Gasteiger partial charge in [0.1, 0.15) is 13.2 Å². The number of amides is 1. The Morgan fingerprint density at radius 2 is 2.12 bits per heavy atom. The first kappa shape index (κ1) is 18.1. The van der Waals surface area contributed by atoms with Crippen LogP contribution >= 0.6 is 0 Å². The van der Waals surface area contributed by atoms with Crippen molar-refractivity contribution < 1.29 is 14.3 Å². The minimum absolute atomic E-state index is 0.0139. The maximum atomic E-state index is 12.5. The number of benzene rings is 1. The van der Waals surface area contributed by atoms with Crippen molar-refractivity contribution in [1.82, 2.24) is 10.6 Å². The van der Waals surface area contributed by atoms with Crippen LogP contribution < -0.4 is 20.1 Å². The smallest absolute Gasteiger partial charge is 0.220 e. The van der Waals surface area contributed by atoms with E-state index in [0.29, 0.717) is 31.5 Å². The normalized spacial score (nSPS) is 22.1. The number of carbonyl (C=O) groups is 1. The van der Waals surface area contributed by atoms with Crippen LogP contribution in [0.4, 0.5) is 0 Å². The highest BCUT2D eigenvalue weighted by atomic mass is 16.6. The van der Waals surface area contributed by atoms with E-state index in [4.69, 9.17) is 9.47 Å². The molecule has 0 bridgehead atoms. The van der Waals surface area contributed by atoms with Crippen LogP contribution in [-0.2, 0) is 4.79 Å². The van der Waals surface area contributed by atoms with Crippen molar-refractivity contribution in [2.45, 2.75) is 45.6 Å². The van der Waals surface area contributed by atoms with Gasteiger partial charge in [-0.05, 0) is 61.9 Å². The fraction of sp³-hybridized carbons (Fsp3) is 0.650. The molecule has 3 rings (SSSR count). The summed E-state index contributed by atoms with van der Waals surface area (Å²) in [5.41, 5.74) is 1.08. The van der Waals surface area contributed by atoms with Gasteiger partial charge in [0.25, 0.3) is 0 Å². The third-order valence-electron chi connectivity index (χ3n) is 5.36. The molecule has 0 saturated carbocycles. The van der Waals surface area contributed by atoms with E-state index < -0.39 is 0 Å². The monoisotopic (exact) mass is 346 g/mol. The van der Waals surface area contributed by atoms with Crippen molar-refractivity contribution in [3.05, 3.63) is 23.8 Å². The van der Waals surface area contributed by atoms with Gasteiger partial charge in [0, 0.05) is 6.42 Å². The Kier molecular flexibility index (Phi) is 6.19. The van der Waals surface area contributed by atoms with E-state index >= 15 is 0 Å². The predicted molar refractivity (Wildman–Crippen MR) is 98.0 cm³/mol. The Hall–Kier alpha value is -1.75. The highest BCUT2D eigenvalue weighted by molar-refractivity contribution is 5.76. The van der Waals surface area contributed by atoms with Crippen LogP contribution in [0.1, 0.15) is 51.1 Å². The minimum atomic E-state index is 0.0139. The lowest BCUT2D eigenvalue weighted by Gasteiger charge is -2.28. The zero-order valence-electron chi connectivity index (χ0n) is 15.3. The molecule has 5 heteroatoms. The van der Waals surface area contributed by atoms with Crippen LogP contribution in [0.5, 0.6) is 11.5 Å². The lowest BCUT2D eigenvalue weighted by molar-refractivity contribution is -0.123. The predicted octanol–water partition coefficient (Wildman–Crippen LogP) is 3.05. The van der Waals surface area contributed by atoms with Gasteiger partial charge in [-0.3, -0.25) is 4.79 Å². The van der Waals surface area contributed by atoms with E-state index in [1.54, 1.807) is 0 Å². The fourth-order valence-electron chi connectivity index (χ4n) is 3.77. The molecule has 1 aromatic carbocycles. The summed E-state index contributed by atoms with van der Waals surface area (Å²) in [6.07, 6.45) is 3.88. The molecule has 3 atom stereocenters. The number of piperidine rings is 1. The first-order valence-corrected chi connectivity index (χ1v) is 9.57. The van der Waals surface area contributed by atoms with Gasteiger partial charge in [0.05, 0.1) is 6.04 Å². The Labute approximate surface area is 150 Å². The first-order valence-electron chi connectivity index (χ1n) is 9.57. The quantitative estimate of drug-likeness (QED) is 0.831. The second-order valence-corrected chi connectivity index (χ2v) is 7.22. The third-order valence-corrected chi connectivity index (χ3v) is 5.36. The molecule has 1 saturated heterocycles. The second-order valence-electron chi connectivity index (χ2n) is 7.22. The summed E-state index contributed by atoms with van der Waals surface area (Å²) in [4.78, 5) is 12.5. The minimum Gasteiger partial charge on any atom is -0.486 e. The average molecular weight is 346 g/mol. The van der Waals surface area contributed by atoms with E-state index in [2.05, 4.69) is 24.5 Å². The molecular formula is C20H30N2O3. The molecule has 25 heavy (non-hydrogen) atoms. The maximum absolute atomic E-state index is 12.5. The maximum Gasteiger partial charge on any atom is 0.220 e. The van der Waals surface area contributed by atoms with Crippen LogP contribution in [0.15, 0.2) is 18.2 Å². The lowest BCUT2D eigenvalue weighted by Crippen LogP contribution is -2.36. The number of nitrogens with one attached hydrogen (secondary N) is 2. The summed E-state index contributed by atoms with van der Waals surface area (Å²) in [5.74, 6) is 2.71.